The normalized spacial score (nSPS) is 14.6. The summed E-state index contributed by atoms with van der Waals surface area (Å²) in [6.45, 7) is 8.54. The molecule has 1 amide bonds. The average Bonchev–Trinajstić information content (AvgIpc) is 2.79. The highest BCUT2D eigenvalue weighted by molar-refractivity contribution is 5.91. The van der Waals surface area contributed by atoms with E-state index in [2.05, 4.69) is 42.3 Å². The minimum atomic E-state index is -1.04. The summed E-state index contributed by atoms with van der Waals surface area (Å²) < 4.78 is 5.49. The summed E-state index contributed by atoms with van der Waals surface area (Å²) in [6, 6.07) is 11.2. The summed E-state index contributed by atoms with van der Waals surface area (Å²) >= 11 is 0. The molecule has 0 aliphatic carbocycles. The molecule has 0 saturated carbocycles. The molecule has 0 bridgehead atoms. The number of nitrogens with one attached hydrogen (secondary N) is 1. The van der Waals surface area contributed by atoms with Crippen molar-refractivity contribution in [2.75, 3.05) is 24.6 Å². The zero-order chi connectivity index (χ0) is 23.8. The first-order valence-corrected chi connectivity index (χ1v) is 12.1. The molecular weight excluding hydrogens is 416 g/mol. The molecule has 2 N–H and O–H groups in total. The number of hydrogen-bond acceptors (Lipinski definition) is 4. The number of aromatic carboxylic acids is 1. The molecule has 0 radical (unpaired) electrons. The number of nitrogens with zero attached hydrogens (tertiary/aromatic N) is 1. The molecule has 0 spiro atoms. The van der Waals surface area contributed by atoms with Crippen LogP contribution in [0.3, 0.4) is 0 Å². The smallest absolute Gasteiger partial charge is 0.339 e. The highest BCUT2D eigenvalue weighted by Crippen LogP contribution is 2.34. The Morgan fingerprint density at radius 1 is 1.12 bits per heavy atom. The van der Waals surface area contributed by atoms with Crippen LogP contribution >= 0.6 is 0 Å². The van der Waals surface area contributed by atoms with Crippen molar-refractivity contribution in [3.63, 3.8) is 0 Å². The Balaban J connectivity index is 1.81. The van der Waals surface area contributed by atoms with Gasteiger partial charge in [-0.15, -0.1) is 0 Å². The van der Waals surface area contributed by atoms with Crippen LogP contribution in [-0.4, -0.2) is 36.7 Å². The molecule has 1 heterocycles. The third-order valence-corrected chi connectivity index (χ3v) is 6.20. The van der Waals surface area contributed by atoms with E-state index in [1.165, 1.54) is 42.1 Å². The van der Waals surface area contributed by atoms with Gasteiger partial charge in [0.1, 0.15) is 11.3 Å². The van der Waals surface area contributed by atoms with E-state index in [1.807, 2.05) is 6.92 Å². The summed E-state index contributed by atoms with van der Waals surface area (Å²) in [6.07, 6.45) is 5.67. The number of carboxylic acid groups (broad SMARTS) is 1. The van der Waals surface area contributed by atoms with Crippen molar-refractivity contribution in [1.82, 2.24) is 5.32 Å². The van der Waals surface area contributed by atoms with Crippen molar-refractivity contribution in [2.45, 2.75) is 65.3 Å². The van der Waals surface area contributed by atoms with Gasteiger partial charge in [0.15, 0.2) is 0 Å². The Morgan fingerprint density at radius 3 is 2.55 bits per heavy atom. The fraction of sp³-hybridized carbons (Fsp3) is 0.481. The molecule has 2 aromatic carbocycles. The maximum Gasteiger partial charge on any atom is 0.339 e. The Kier molecular flexibility index (Phi) is 8.75. The van der Waals surface area contributed by atoms with E-state index in [1.54, 1.807) is 12.1 Å². The van der Waals surface area contributed by atoms with E-state index >= 15 is 0 Å². The van der Waals surface area contributed by atoms with Gasteiger partial charge >= 0.3 is 5.97 Å². The van der Waals surface area contributed by atoms with Crippen molar-refractivity contribution in [3.05, 3.63) is 58.7 Å². The lowest BCUT2D eigenvalue weighted by Crippen LogP contribution is -2.34. The minimum absolute atomic E-state index is 0.0646. The van der Waals surface area contributed by atoms with E-state index in [4.69, 9.17) is 4.74 Å². The van der Waals surface area contributed by atoms with E-state index in [-0.39, 0.29) is 23.9 Å². The van der Waals surface area contributed by atoms with Crippen LogP contribution in [0, 0.1) is 6.92 Å². The molecule has 33 heavy (non-hydrogen) atoms. The predicted molar refractivity (Wildman–Crippen MR) is 131 cm³/mol. The van der Waals surface area contributed by atoms with Crippen LogP contribution in [0.5, 0.6) is 5.75 Å². The van der Waals surface area contributed by atoms with Gasteiger partial charge in [-0.25, -0.2) is 4.79 Å². The Hall–Kier alpha value is -3.02. The van der Waals surface area contributed by atoms with E-state index in [9.17, 15) is 14.7 Å². The Morgan fingerprint density at radius 2 is 1.88 bits per heavy atom. The molecule has 6 nitrogen and oxygen atoms in total. The van der Waals surface area contributed by atoms with Crippen LogP contribution < -0.4 is 15.0 Å². The van der Waals surface area contributed by atoms with Gasteiger partial charge in [-0.2, -0.15) is 0 Å². The van der Waals surface area contributed by atoms with Crippen LogP contribution in [0.2, 0.25) is 0 Å². The molecule has 2 aromatic rings. The molecule has 0 aromatic heterocycles. The summed E-state index contributed by atoms with van der Waals surface area (Å²) in [5, 5.41) is 12.6. The van der Waals surface area contributed by atoms with Gasteiger partial charge in [0.2, 0.25) is 5.91 Å². The number of amides is 1. The second-order valence-electron chi connectivity index (χ2n) is 8.71. The van der Waals surface area contributed by atoms with Gasteiger partial charge < -0.3 is 20.1 Å². The molecule has 1 aliphatic rings. The monoisotopic (exact) mass is 452 g/mol. The van der Waals surface area contributed by atoms with Gasteiger partial charge in [-0.05, 0) is 68.9 Å². The van der Waals surface area contributed by atoms with Crippen LogP contribution in [0.25, 0.3) is 0 Å². The number of anilines is 1. The summed E-state index contributed by atoms with van der Waals surface area (Å²) in [4.78, 5) is 27.0. The molecule has 6 heteroatoms. The van der Waals surface area contributed by atoms with Crippen molar-refractivity contribution in [1.29, 1.82) is 0 Å². The molecule has 1 aliphatic heterocycles. The van der Waals surface area contributed by atoms with E-state index in [0.717, 1.165) is 31.5 Å². The fourth-order valence-corrected chi connectivity index (χ4v) is 4.67. The summed E-state index contributed by atoms with van der Waals surface area (Å²) in [7, 11) is 0. The van der Waals surface area contributed by atoms with Gasteiger partial charge in [0.05, 0.1) is 19.1 Å². The minimum Gasteiger partial charge on any atom is -0.493 e. The van der Waals surface area contributed by atoms with Gasteiger partial charge in [0, 0.05) is 24.3 Å². The number of rotatable bonds is 10. The number of carbonyl (C=O) groups is 2. The van der Waals surface area contributed by atoms with Crippen LogP contribution in [0.1, 0.15) is 79.0 Å². The molecule has 1 saturated heterocycles. The number of aryl methyl sites for hydroxylation is 1. The topological polar surface area (TPSA) is 78.9 Å². The first kappa shape index (κ1) is 24.6. The number of carbonyl (C=O) groups excluding carboxylic acids is 1. The molecule has 178 valence electrons. The molecule has 3 rings (SSSR count). The van der Waals surface area contributed by atoms with Crippen molar-refractivity contribution in [2.24, 2.45) is 0 Å². The first-order chi connectivity index (χ1) is 15.9. The van der Waals surface area contributed by atoms with E-state index < -0.39 is 5.97 Å². The highest BCUT2D eigenvalue weighted by Gasteiger charge is 2.23. The van der Waals surface area contributed by atoms with Gasteiger partial charge in [0.25, 0.3) is 0 Å². The van der Waals surface area contributed by atoms with Gasteiger partial charge in [-0.3, -0.25) is 4.79 Å². The standard InChI is InChI=1S/C27H36N2O4/c1-4-10-22(26-19(3)11-9-12-23(26)29-15-7-6-8-16-29)28-25(30)18-20-13-14-21(27(31)32)24(17-20)33-5-2/h9,11-14,17,22H,4-8,10,15-16,18H2,1-3H3,(H,28,30)(H,31,32). The third kappa shape index (κ3) is 6.28. The SMILES string of the molecule is CCCC(NC(=O)Cc1ccc(C(=O)O)c(OCC)c1)c1c(C)cccc1N1CCCCC1. The lowest BCUT2D eigenvalue weighted by molar-refractivity contribution is -0.121. The Labute approximate surface area is 196 Å². The van der Waals surface area contributed by atoms with Crippen LogP contribution in [-0.2, 0) is 11.2 Å². The zero-order valence-electron chi connectivity index (χ0n) is 20.0. The largest absolute Gasteiger partial charge is 0.493 e. The zero-order valence-corrected chi connectivity index (χ0v) is 20.0. The van der Waals surface area contributed by atoms with E-state index in [0.29, 0.717) is 12.4 Å². The number of piperidine rings is 1. The summed E-state index contributed by atoms with van der Waals surface area (Å²) in [5.74, 6) is -0.819. The molecule has 1 unspecified atom stereocenters. The lowest BCUT2D eigenvalue weighted by atomic mass is 9.94. The maximum absolute atomic E-state index is 13.1. The molecule has 1 atom stereocenters. The fourth-order valence-electron chi connectivity index (χ4n) is 4.67. The van der Waals surface area contributed by atoms with Crippen molar-refractivity contribution >= 4 is 17.6 Å². The number of benzene rings is 2. The Bertz CT molecular complexity index is 967. The first-order valence-electron chi connectivity index (χ1n) is 12.1. The van der Waals surface area contributed by atoms with Crippen LogP contribution in [0.4, 0.5) is 5.69 Å². The maximum atomic E-state index is 13.1. The van der Waals surface area contributed by atoms with Crippen molar-refractivity contribution < 1.29 is 19.4 Å². The third-order valence-electron chi connectivity index (χ3n) is 6.20. The number of carboxylic acids is 1. The summed E-state index contributed by atoms with van der Waals surface area (Å²) in [5.41, 5.74) is 4.48. The highest BCUT2D eigenvalue weighted by atomic mass is 16.5. The van der Waals surface area contributed by atoms with Gasteiger partial charge in [-0.1, -0.05) is 31.5 Å². The second-order valence-corrected chi connectivity index (χ2v) is 8.71. The molecule has 1 fully saturated rings. The lowest BCUT2D eigenvalue weighted by Gasteiger charge is -2.33. The average molecular weight is 453 g/mol. The number of ether oxygens (including phenoxy) is 1. The second kappa shape index (κ2) is 11.7. The molecular formula is C27H36N2O4. The van der Waals surface area contributed by atoms with Crippen LogP contribution in [0.15, 0.2) is 36.4 Å². The van der Waals surface area contributed by atoms with Crippen molar-refractivity contribution in [3.8, 4) is 5.75 Å². The quantitative estimate of drug-likeness (QED) is 0.513. The number of hydrogen-bond donors (Lipinski definition) is 2. The predicted octanol–water partition coefficient (Wildman–Crippen LogP) is 5.28.